The molecule has 202 valence electrons. The number of alkyl halides is 3. The van der Waals surface area contributed by atoms with Crippen molar-refractivity contribution in [1.29, 1.82) is 0 Å². The molecular formula is C24H19Cl2F4N3O5. The first-order valence-electron chi connectivity index (χ1n) is 10.6. The fourth-order valence-corrected chi connectivity index (χ4v) is 3.66. The van der Waals surface area contributed by atoms with Crippen LogP contribution < -0.4 is 20.5 Å². The molecule has 0 radical (unpaired) electrons. The van der Waals surface area contributed by atoms with Crippen LogP contribution in [0, 0.1) is 5.82 Å². The number of nitrogens with two attached hydrogens (primary N) is 1. The molecule has 0 spiro atoms. The number of primary amides is 1. The van der Waals surface area contributed by atoms with Gasteiger partial charge in [-0.15, -0.1) is 0 Å². The van der Waals surface area contributed by atoms with E-state index in [1.54, 1.807) is 0 Å². The minimum Gasteiger partial charge on any atom is -0.494 e. The van der Waals surface area contributed by atoms with E-state index in [0.29, 0.717) is 0 Å². The second-order valence-electron chi connectivity index (χ2n) is 7.82. The number of aliphatic hydroxyl groups is 1. The van der Waals surface area contributed by atoms with Gasteiger partial charge in [-0.1, -0.05) is 23.2 Å². The molecule has 3 rings (SSSR count). The van der Waals surface area contributed by atoms with Crippen molar-refractivity contribution < 1.29 is 41.7 Å². The molecule has 2 aromatic carbocycles. The van der Waals surface area contributed by atoms with Crippen molar-refractivity contribution in [2.45, 2.75) is 11.8 Å². The number of amides is 2. The van der Waals surface area contributed by atoms with Gasteiger partial charge in [-0.2, -0.15) is 13.2 Å². The Morgan fingerprint density at radius 2 is 1.74 bits per heavy atom. The third-order valence-corrected chi connectivity index (χ3v) is 5.82. The standard InChI is InChI=1S/C24H19Cl2F4N3O5/c1-37-18-6-7-19(33-21(18)12-2-4-16(27)14(25)8-12)23(36,24(28,29)30)11-32-22(35)13-3-5-17(15(26)9-13)38-10-20(31)34/h2-9,36H,10-11H2,1H3,(H2,31,34)(H,32,35). The number of carbonyl (C=O) groups excluding carboxylic acids is 2. The molecular weight excluding hydrogens is 557 g/mol. The van der Waals surface area contributed by atoms with E-state index in [-0.39, 0.29) is 38.4 Å². The Bertz CT molecular complexity index is 1370. The second kappa shape index (κ2) is 11.4. The maximum Gasteiger partial charge on any atom is 0.424 e. The van der Waals surface area contributed by atoms with Gasteiger partial charge in [-0.05, 0) is 48.5 Å². The fraction of sp³-hybridized carbons (Fsp3) is 0.208. The quantitative estimate of drug-likeness (QED) is 0.328. The zero-order valence-electron chi connectivity index (χ0n) is 19.4. The first-order valence-corrected chi connectivity index (χ1v) is 11.3. The number of aromatic nitrogens is 1. The van der Waals surface area contributed by atoms with E-state index in [0.717, 1.165) is 30.3 Å². The molecule has 1 aromatic heterocycles. The van der Waals surface area contributed by atoms with Crippen molar-refractivity contribution >= 4 is 35.0 Å². The van der Waals surface area contributed by atoms with Crippen LogP contribution in [0.1, 0.15) is 16.1 Å². The van der Waals surface area contributed by atoms with Crippen molar-refractivity contribution in [3.8, 4) is 22.8 Å². The molecule has 8 nitrogen and oxygen atoms in total. The monoisotopic (exact) mass is 575 g/mol. The second-order valence-corrected chi connectivity index (χ2v) is 8.63. The summed E-state index contributed by atoms with van der Waals surface area (Å²) in [5.41, 5.74) is 0.292. The van der Waals surface area contributed by atoms with Crippen LogP contribution in [-0.2, 0) is 10.4 Å². The number of hydrogen-bond donors (Lipinski definition) is 3. The Balaban J connectivity index is 1.92. The third-order valence-electron chi connectivity index (χ3n) is 5.23. The van der Waals surface area contributed by atoms with Crippen molar-refractivity contribution in [1.82, 2.24) is 10.3 Å². The molecule has 1 atom stereocenters. The number of nitrogens with zero attached hydrogens (tertiary/aromatic N) is 1. The van der Waals surface area contributed by atoms with Gasteiger partial charge in [0.15, 0.2) is 6.61 Å². The highest BCUT2D eigenvalue weighted by atomic mass is 35.5. The molecule has 0 aliphatic heterocycles. The van der Waals surface area contributed by atoms with E-state index in [1.165, 1.54) is 25.3 Å². The number of nitrogens with one attached hydrogen (secondary N) is 1. The van der Waals surface area contributed by atoms with Gasteiger partial charge in [-0.25, -0.2) is 9.37 Å². The number of ether oxygens (including phenoxy) is 2. The van der Waals surface area contributed by atoms with Gasteiger partial charge in [0.1, 0.15) is 23.0 Å². The summed E-state index contributed by atoms with van der Waals surface area (Å²) in [6.45, 7) is -1.80. The summed E-state index contributed by atoms with van der Waals surface area (Å²) in [5.74, 6) is -2.49. The highest BCUT2D eigenvalue weighted by molar-refractivity contribution is 6.32. The van der Waals surface area contributed by atoms with E-state index in [1.807, 2.05) is 5.32 Å². The van der Waals surface area contributed by atoms with Gasteiger partial charge < -0.3 is 25.6 Å². The average molecular weight is 576 g/mol. The minimum atomic E-state index is -5.29. The predicted molar refractivity (Wildman–Crippen MR) is 130 cm³/mol. The van der Waals surface area contributed by atoms with Crippen molar-refractivity contribution in [3.63, 3.8) is 0 Å². The zero-order valence-corrected chi connectivity index (χ0v) is 20.9. The molecule has 0 aliphatic carbocycles. The SMILES string of the molecule is COc1ccc(C(O)(CNC(=O)c2ccc(OCC(N)=O)c(Cl)c2)C(F)(F)F)nc1-c1ccc(F)c(Cl)c1. The molecule has 4 N–H and O–H groups in total. The molecule has 0 saturated carbocycles. The van der Waals surface area contributed by atoms with Crippen molar-refractivity contribution in [2.75, 3.05) is 20.3 Å². The number of methoxy groups -OCH3 is 1. The van der Waals surface area contributed by atoms with Crippen LogP contribution in [0.5, 0.6) is 11.5 Å². The van der Waals surface area contributed by atoms with Crippen LogP contribution in [0.2, 0.25) is 10.0 Å². The summed E-state index contributed by atoms with van der Waals surface area (Å²) in [6.07, 6.45) is -5.29. The molecule has 14 heteroatoms. The van der Waals surface area contributed by atoms with Gasteiger partial charge >= 0.3 is 6.18 Å². The van der Waals surface area contributed by atoms with Crippen LogP contribution in [0.25, 0.3) is 11.3 Å². The average Bonchev–Trinajstić information content (AvgIpc) is 2.86. The predicted octanol–water partition coefficient (Wildman–Crippen LogP) is 4.25. The molecule has 2 amide bonds. The van der Waals surface area contributed by atoms with Gasteiger partial charge in [-0.3, -0.25) is 9.59 Å². The van der Waals surface area contributed by atoms with E-state index in [4.69, 9.17) is 38.4 Å². The number of pyridine rings is 1. The number of benzene rings is 2. The Morgan fingerprint density at radius 3 is 2.32 bits per heavy atom. The Labute approximate surface area is 223 Å². The summed E-state index contributed by atoms with van der Waals surface area (Å²) in [5, 5.41) is 12.4. The maximum absolute atomic E-state index is 14.1. The highest BCUT2D eigenvalue weighted by Crippen LogP contribution is 2.40. The first kappa shape index (κ1) is 29.0. The van der Waals surface area contributed by atoms with E-state index in [9.17, 15) is 32.3 Å². The number of halogens is 6. The molecule has 1 heterocycles. The minimum absolute atomic E-state index is 0.0182. The molecule has 0 fully saturated rings. The maximum atomic E-state index is 14.1. The van der Waals surface area contributed by atoms with Crippen LogP contribution in [0.15, 0.2) is 48.5 Å². The number of carbonyl (C=O) groups is 2. The smallest absolute Gasteiger partial charge is 0.424 e. The normalized spacial score (nSPS) is 12.9. The highest BCUT2D eigenvalue weighted by Gasteiger charge is 2.56. The Hall–Kier alpha value is -3.61. The number of rotatable bonds is 9. The first-order chi connectivity index (χ1) is 17.8. The van der Waals surface area contributed by atoms with Gasteiger partial charge in [0.25, 0.3) is 11.8 Å². The molecule has 1 unspecified atom stereocenters. The molecule has 3 aromatic rings. The summed E-state index contributed by atoms with van der Waals surface area (Å²) in [7, 11) is 1.25. The zero-order chi connectivity index (χ0) is 28.3. The lowest BCUT2D eigenvalue weighted by molar-refractivity contribution is -0.265. The molecule has 0 bridgehead atoms. The molecule has 0 saturated heterocycles. The topological polar surface area (TPSA) is 124 Å². The summed E-state index contributed by atoms with van der Waals surface area (Å²) >= 11 is 11.8. The fourth-order valence-electron chi connectivity index (χ4n) is 3.25. The van der Waals surface area contributed by atoms with Crippen LogP contribution in [0.4, 0.5) is 17.6 Å². The lowest BCUT2D eigenvalue weighted by atomic mass is 9.96. The largest absolute Gasteiger partial charge is 0.494 e. The van der Waals surface area contributed by atoms with Gasteiger partial charge in [0.2, 0.25) is 5.60 Å². The van der Waals surface area contributed by atoms with E-state index in [2.05, 4.69) is 4.98 Å². The summed E-state index contributed by atoms with van der Waals surface area (Å²) in [6, 6.07) is 8.89. The van der Waals surface area contributed by atoms with Crippen LogP contribution >= 0.6 is 23.2 Å². The van der Waals surface area contributed by atoms with Crippen molar-refractivity contribution in [2.24, 2.45) is 5.73 Å². The summed E-state index contributed by atoms with van der Waals surface area (Å²) < 4.78 is 66.2. The lowest BCUT2D eigenvalue weighted by Gasteiger charge is -2.30. The van der Waals surface area contributed by atoms with Gasteiger partial charge in [0, 0.05) is 11.1 Å². The van der Waals surface area contributed by atoms with E-state index >= 15 is 0 Å². The van der Waals surface area contributed by atoms with Crippen LogP contribution in [0.3, 0.4) is 0 Å². The van der Waals surface area contributed by atoms with Crippen LogP contribution in [-0.4, -0.2) is 48.3 Å². The molecule has 38 heavy (non-hydrogen) atoms. The Kier molecular flexibility index (Phi) is 8.70. The number of hydrogen-bond acceptors (Lipinski definition) is 6. The van der Waals surface area contributed by atoms with Crippen molar-refractivity contribution in [3.05, 3.63) is 75.7 Å². The van der Waals surface area contributed by atoms with E-state index < -0.39 is 48.3 Å². The third kappa shape index (κ3) is 6.26. The molecule has 0 aliphatic rings. The Morgan fingerprint density at radius 1 is 1.05 bits per heavy atom. The lowest BCUT2D eigenvalue weighted by Crippen LogP contribution is -2.51. The summed E-state index contributed by atoms with van der Waals surface area (Å²) in [4.78, 5) is 27.4. The van der Waals surface area contributed by atoms with Gasteiger partial charge in [0.05, 0.1) is 29.4 Å².